The zero-order valence-corrected chi connectivity index (χ0v) is 19.5. The molecule has 3 heterocycles. The van der Waals surface area contributed by atoms with Crippen LogP contribution in [0.15, 0.2) is 0 Å². The number of quaternary nitrogens is 1. The average Bonchev–Trinajstić information content (AvgIpc) is 3.03. The first-order valence-electron chi connectivity index (χ1n) is 11.1. The van der Waals surface area contributed by atoms with Crippen LogP contribution >= 0.6 is 0 Å². The fraction of sp³-hybridized carbons (Fsp3) is 0.857. The molecule has 3 saturated heterocycles. The van der Waals surface area contributed by atoms with Crippen molar-refractivity contribution >= 4 is 18.2 Å². The Hall–Kier alpha value is -1.91. The lowest BCUT2D eigenvalue weighted by atomic mass is 10.0. The van der Waals surface area contributed by atoms with Gasteiger partial charge in [-0.05, 0) is 20.8 Å². The van der Waals surface area contributed by atoms with E-state index in [4.69, 9.17) is 14.2 Å². The van der Waals surface area contributed by atoms with Gasteiger partial charge in [0.25, 0.3) is 0 Å². The van der Waals surface area contributed by atoms with E-state index in [1.54, 1.807) is 4.90 Å². The monoisotopic (exact) mass is 441 g/mol. The number of esters is 1. The van der Waals surface area contributed by atoms with Crippen LogP contribution in [0.5, 0.6) is 0 Å². The van der Waals surface area contributed by atoms with Crippen molar-refractivity contribution in [3.63, 3.8) is 0 Å². The van der Waals surface area contributed by atoms with Gasteiger partial charge in [-0.3, -0.25) is 14.6 Å². The number of hydrogen-bond acceptors (Lipinski definition) is 8. The van der Waals surface area contributed by atoms with Crippen LogP contribution in [0, 0.1) is 0 Å². The Morgan fingerprint density at radius 3 is 2.26 bits per heavy atom. The van der Waals surface area contributed by atoms with Gasteiger partial charge in [-0.1, -0.05) is 0 Å². The summed E-state index contributed by atoms with van der Waals surface area (Å²) in [7, 11) is 3.34. The standard InChI is InChI=1S/C21H37N4O6/c1-21(2,3)31-19(27)24-8-6-16(7-9-24)25(4)15-17(30-20(25)28)23-12-10-22(11-13-23)14-18(26)29-5/h16-17H,6-15H2,1-5H3/q+1. The highest BCUT2D eigenvalue weighted by Crippen LogP contribution is 2.31. The Kier molecular flexibility index (Phi) is 7.12. The molecule has 2 unspecified atom stereocenters. The van der Waals surface area contributed by atoms with Crippen molar-refractivity contribution in [2.75, 3.05) is 66.5 Å². The Balaban J connectivity index is 1.51. The lowest BCUT2D eigenvalue weighted by molar-refractivity contribution is -0.852. The molecule has 10 heteroatoms. The third-order valence-corrected chi connectivity index (χ3v) is 6.51. The summed E-state index contributed by atoms with van der Waals surface area (Å²) in [4.78, 5) is 42.6. The quantitative estimate of drug-likeness (QED) is 0.364. The molecule has 0 spiro atoms. The van der Waals surface area contributed by atoms with Gasteiger partial charge in [0.2, 0.25) is 6.23 Å². The molecular weight excluding hydrogens is 404 g/mol. The summed E-state index contributed by atoms with van der Waals surface area (Å²) in [6, 6.07) is 0.122. The van der Waals surface area contributed by atoms with E-state index in [9.17, 15) is 14.4 Å². The Bertz CT molecular complexity index is 680. The van der Waals surface area contributed by atoms with Gasteiger partial charge in [0.15, 0.2) is 0 Å². The second-order valence-electron chi connectivity index (χ2n) is 9.88. The Morgan fingerprint density at radius 1 is 1.10 bits per heavy atom. The lowest BCUT2D eigenvalue weighted by Crippen LogP contribution is -2.59. The molecule has 2 atom stereocenters. The molecule has 0 radical (unpaired) electrons. The van der Waals surface area contributed by atoms with Crippen molar-refractivity contribution in [2.24, 2.45) is 0 Å². The first kappa shape index (κ1) is 23.7. The molecule has 0 aromatic rings. The van der Waals surface area contributed by atoms with Crippen LogP contribution in [-0.2, 0) is 19.0 Å². The van der Waals surface area contributed by atoms with Crippen LogP contribution in [0.3, 0.4) is 0 Å². The summed E-state index contributed by atoms with van der Waals surface area (Å²) in [6.07, 6.45) is 0.745. The molecule has 0 aromatic heterocycles. The zero-order chi connectivity index (χ0) is 22.8. The molecule has 3 fully saturated rings. The Morgan fingerprint density at radius 2 is 1.71 bits per heavy atom. The van der Waals surface area contributed by atoms with Crippen LogP contribution in [-0.4, -0.2) is 122 Å². The summed E-state index contributed by atoms with van der Waals surface area (Å²) < 4.78 is 16.2. The number of methoxy groups -OCH3 is 1. The van der Waals surface area contributed by atoms with Crippen molar-refractivity contribution in [1.29, 1.82) is 0 Å². The van der Waals surface area contributed by atoms with E-state index >= 15 is 0 Å². The van der Waals surface area contributed by atoms with Crippen LogP contribution in [0.2, 0.25) is 0 Å². The zero-order valence-electron chi connectivity index (χ0n) is 19.5. The number of hydrogen-bond donors (Lipinski definition) is 0. The van der Waals surface area contributed by atoms with E-state index in [0.29, 0.717) is 26.2 Å². The Labute approximate surface area is 184 Å². The van der Waals surface area contributed by atoms with E-state index in [2.05, 4.69) is 9.80 Å². The summed E-state index contributed by atoms with van der Waals surface area (Å²) in [5, 5.41) is 0. The third kappa shape index (κ3) is 5.67. The minimum absolute atomic E-state index is 0.122. The molecule has 3 aliphatic rings. The SMILES string of the molecule is COC(=O)CN1CCN(C2C[N+](C)(C3CCN(C(=O)OC(C)(C)C)CC3)C(=O)O2)CC1. The molecule has 0 N–H and O–H groups in total. The van der Waals surface area contributed by atoms with Crippen molar-refractivity contribution in [2.45, 2.75) is 51.5 Å². The molecule has 0 aliphatic carbocycles. The minimum Gasteiger partial charge on any atom is -0.468 e. The summed E-state index contributed by atoms with van der Waals surface area (Å²) >= 11 is 0. The molecule has 10 nitrogen and oxygen atoms in total. The number of rotatable bonds is 4. The van der Waals surface area contributed by atoms with Crippen LogP contribution < -0.4 is 0 Å². The fourth-order valence-corrected chi connectivity index (χ4v) is 4.56. The number of amides is 2. The number of piperazine rings is 1. The molecule has 0 aromatic carbocycles. The van der Waals surface area contributed by atoms with Crippen molar-refractivity contribution < 1.29 is 33.1 Å². The molecular formula is C21H37N4O6+. The molecule has 31 heavy (non-hydrogen) atoms. The van der Waals surface area contributed by atoms with Crippen molar-refractivity contribution in [3.8, 4) is 0 Å². The molecule has 3 aliphatic heterocycles. The van der Waals surface area contributed by atoms with E-state index in [1.165, 1.54) is 7.11 Å². The van der Waals surface area contributed by atoms with Gasteiger partial charge in [0.05, 0.1) is 20.7 Å². The van der Waals surface area contributed by atoms with E-state index in [1.807, 2.05) is 27.8 Å². The van der Waals surface area contributed by atoms with E-state index < -0.39 is 5.60 Å². The molecule has 2 amide bonds. The van der Waals surface area contributed by atoms with Gasteiger partial charge in [-0.15, -0.1) is 0 Å². The van der Waals surface area contributed by atoms with Gasteiger partial charge >= 0.3 is 18.2 Å². The lowest BCUT2D eigenvalue weighted by Gasteiger charge is -2.40. The summed E-state index contributed by atoms with van der Waals surface area (Å²) in [5.74, 6) is -0.234. The van der Waals surface area contributed by atoms with Crippen molar-refractivity contribution in [1.82, 2.24) is 14.7 Å². The van der Waals surface area contributed by atoms with Gasteiger partial charge < -0.3 is 19.1 Å². The van der Waals surface area contributed by atoms with Gasteiger partial charge in [-0.25, -0.2) is 9.28 Å². The first-order valence-corrected chi connectivity index (χ1v) is 11.1. The number of piperidine rings is 1. The predicted octanol–water partition coefficient (Wildman–Crippen LogP) is 1.10. The van der Waals surface area contributed by atoms with Crippen molar-refractivity contribution in [3.05, 3.63) is 0 Å². The minimum atomic E-state index is -0.515. The number of cyclic esters (lactones) is 1. The van der Waals surface area contributed by atoms with Gasteiger partial charge in [0.1, 0.15) is 18.2 Å². The molecule has 0 bridgehead atoms. The highest BCUT2D eigenvalue weighted by Gasteiger charge is 2.53. The summed E-state index contributed by atoms with van der Waals surface area (Å²) in [6.45, 7) is 10.6. The number of ether oxygens (including phenoxy) is 3. The number of carbonyl (C=O) groups excluding carboxylic acids is 3. The summed E-state index contributed by atoms with van der Waals surface area (Å²) in [5.41, 5.74) is -0.515. The predicted molar refractivity (Wildman–Crippen MR) is 112 cm³/mol. The normalized spacial score (nSPS) is 29.0. The highest BCUT2D eigenvalue weighted by atomic mass is 16.6. The second-order valence-corrected chi connectivity index (χ2v) is 9.88. The third-order valence-electron chi connectivity index (χ3n) is 6.51. The molecule has 0 saturated carbocycles. The number of carbonyl (C=O) groups is 3. The van der Waals surface area contributed by atoms with Crippen LogP contribution in [0.1, 0.15) is 33.6 Å². The molecule has 3 rings (SSSR count). The first-order chi connectivity index (χ1) is 14.5. The van der Waals surface area contributed by atoms with E-state index in [0.717, 1.165) is 39.0 Å². The van der Waals surface area contributed by atoms with Crippen LogP contribution in [0.25, 0.3) is 0 Å². The second kappa shape index (κ2) is 9.30. The smallest absolute Gasteiger partial charge is 0.468 e. The maximum Gasteiger partial charge on any atom is 0.517 e. The number of likely N-dealkylation sites (tertiary alicyclic amines) is 1. The van der Waals surface area contributed by atoms with Gasteiger partial charge in [0, 0.05) is 52.1 Å². The number of likely N-dealkylation sites (N-methyl/N-ethyl adjacent to an activating group) is 1. The van der Waals surface area contributed by atoms with Crippen LogP contribution in [0.4, 0.5) is 9.59 Å². The largest absolute Gasteiger partial charge is 0.517 e. The highest BCUT2D eigenvalue weighted by molar-refractivity contribution is 5.71. The maximum absolute atomic E-state index is 12.8. The number of nitrogens with zero attached hydrogens (tertiary/aromatic N) is 4. The average molecular weight is 442 g/mol. The van der Waals surface area contributed by atoms with Gasteiger partial charge in [-0.2, -0.15) is 4.79 Å². The van der Waals surface area contributed by atoms with E-state index in [-0.39, 0.29) is 34.9 Å². The fourth-order valence-electron chi connectivity index (χ4n) is 4.56. The maximum atomic E-state index is 12.8. The molecule has 176 valence electrons. The topological polar surface area (TPSA) is 88.6 Å².